The number of hydrogen-bond donors (Lipinski definition) is 1. The molecule has 0 aromatic carbocycles. The zero-order valence-corrected chi connectivity index (χ0v) is 20.9. The molecule has 0 radical (unpaired) electrons. The van der Waals surface area contributed by atoms with Gasteiger partial charge in [-0.2, -0.15) is 4.99 Å². The molecule has 34 heavy (non-hydrogen) atoms. The third kappa shape index (κ3) is 23.7. The summed E-state index contributed by atoms with van der Waals surface area (Å²) in [6, 6.07) is -0.512. The summed E-state index contributed by atoms with van der Waals surface area (Å²) >= 11 is 0. The van der Waals surface area contributed by atoms with Gasteiger partial charge in [0.2, 0.25) is 18.2 Å². The molecule has 0 unspecified atom stereocenters. The predicted octanol–water partition coefficient (Wildman–Crippen LogP) is 4.24. The van der Waals surface area contributed by atoms with E-state index in [1.807, 2.05) is 0 Å². The first kappa shape index (κ1) is 33.3. The molecular formula is C24H41N5O5. The maximum absolute atomic E-state index is 12.3. The number of urea groups is 1. The van der Waals surface area contributed by atoms with Gasteiger partial charge in [-0.25, -0.2) is 29.2 Å². The van der Waals surface area contributed by atoms with E-state index < -0.39 is 18.5 Å². The van der Waals surface area contributed by atoms with Crippen LogP contribution in [0.2, 0.25) is 0 Å². The Morgan fingerprint density at radius 1 is 0.676 bits per heavy atom. The van der Waals surface area contributed by atoms with Gasteiger partial charge in [-0.15, -0.1) is 0 Å². The lowest BCUT2D eigenvalue weighted by molar-refractivity contribution is -0.126. The number of imide groups is 1. The fourth-order valence-corrected chi connectivity index (χ4v) is 2.89. The van der Waals surface area contributed by atoms with Crippen molar-refractivity contribution in [3.05, 3.63) is 0 Å². The van der Waals surface area contributed by atoms with Gasteiger partial charge in [-0.1, -0.05) is 65.2 Å². The third-order valence-corrected chi connectivity index (χ3v) is 4.79. The number of carbonyl (C=O) groups excluding carboxylic acids is 5. The van der Waals surface area contributed by atoms with Crippen LogP contribution in [0.15, 0.2) is 15.0 Å². The number of hydrogen-bond acceptors (Lipinski definition) is 8. The molecule has 192 valence electrons. The Labute approximate surface area is 203 Å². The van der Waals surface area contributed by atoms with Crippen LogP contribution in [0.3, 0.4) is 0 Å². The molecule has 0 aromatic rings. The standard InChI is InChI=1S/C18H27N5O5.C6H14/c24-14-19-9-5-1-2-7-11-22-18(28)23(17(27)13-21-16-26)12-8-4-3-6-10-20-15-25;1-3-5-6-4-2/h1-13H2,(H,22,28);3-6H2,1-2H3. The Balaban J connectivity index is 0. The number of carbonyl (C=O) groups is 2. The van der Waals surface area contributed by atoms with Crippen molar-refractivity contribution in [2.24, 2.45) is 15.0 Å². The minimum absolute atomic E-state index is 0.222. The SMILES string of the molecule is CCCCCC.O=C=NCCCCCCNC(=O)N(CCCCCCN=C=O)C(=O)CN=C=O. The summed E-state index contributed by atoms with van der Waals surface area (Å²) < 4.78 is 0. The predicted molar refractivity (Wildman–Crippen MR) is 131 cm³/mol. The van der Waals surface area contributed by atoms with Crippen molar-refractivity contribution in [3.8, 4) is 0 Å². The lowest BCUT2D eigenvalue weighted by Crippen LogP contribution is -2.45. The second-order valence-electron chi connectivity index (χ2n) is 7.67. The van der Waals surface area contributed by atoms with Crippen LogP contribution in [0.4, 0.5) is 4.79 Å². The van der Waals surface area contributed by atoms with E-state index in [1.54, 1.807) is 0 Å². The molecule has 0 atom stereocenters. The molecule has 0 aromatic heterocycles. The Kier molecular flexibility index (Phi) is 27.5. The first-order valence-corrected chi connectivity index (χ1v) is 12.3. The summed E-state index contributed by atoms with van der Waals surface area (Å²) in [5, 5.41) is 2.69. The lowest BCUT2D eigenvalue weighted by atomic mass is 10.2. The van der Waals surface area contributed by atoms with Gasteiger partial charge in [0.15, 0.2) is 0 Å². The third-order valence-electron chi connectivity index (χ3n) is 4.79. The van der Waals surface area contributed by atoms with Gasteiger partial charge in [-0.05, 0) is 25.7 Å². The fourth-order valence-electron chi connectivity index (χ4n) is 2.89. The van der Waals surface area contributed by atoms with E-state index in [9.17, 15) is 24.0 Å². The molecule has 0 aliphatic carbocycles. The molecular weight excluding hydrogens is 438 g/mol. The number of unbranched alkanes of at least 4 members (excludes halogenated alkanes) is 9. The molecule has 0 bridgehead atoms. The van der Waals surface area contributed by atoms with Gasteiger partial charge in [0.05, 0.1) is 13.1 Å². The van der Waals surface area contributed by atoms with Crippen LogP contribution in [0.1, 0.15) is 90.9 Å². The summed E-state index contributed by atoms with van der Waals surface area (Å²) in [6.45, 7) is 5.56. The van der Waals surface area contributed by atoms with Crippen LogP contribution in [0, 0.1) is 0 Å². The first-order valence-electron chi connectivity index (χ1n) is 12.3. The fraction of sp³-hybridized carbons (Fsp3) is 0.792. The Morgan fingerprint density at radius 2 is 1.18 bits per heavy atom. The second-order valence-corrected chi connectivity index (χ2v) is 7.67. The maximum Gasteiger partial charge on any atom is 0.324 e. The molecule has 0 aliphatic heterocycles. The zero-order chi connectivity index (χ0) is 25.7. The van der Waals surface area contributed by atoms with Crippen LogP contribution in [0.25, 0.3) is 0 Å². The van der Waals surface area contributed by atoms with Crippen LogP contribution >= 0.6 is 0 Å². The van der Waals surface area contributed by atoms with Crippen LogP contribution in [0.5, 0.6) is 0 Å². The molecule has 0 saturated carbocycles. The molecule has 0 fully saturated rings. The highest BCUT2D eigenvalue weighted by atomic mass is 16.2. The van der Waals surface area contributed by atoms with Crippen molar-refractivity contribution in [1.82, 2.24) is 10.2 Å². The maximum atomic E-state index is 12.3. The number of nitrogens with zero attached hydrogens (tertiary/aromatic N) is 4. The largest absolute Gasteiger partial charge is 0.338 e. The average Bonchev–Trinajstić information content (AvgIpc) is 2.84. The zero-order valence-electron chi connectivity index (χ0n) is 20.9. The summed E-state index contributed by atoms with van der Waals surface area (Å²) in [6.07, 6.45) is 16.0. The number of nitrogens with one attached hydrogen (secondary N) is 1. The number of rotatable bonds is 19. The van der Waals surface area contributed by atoms with Gasteiger partial charge >= 0.3 is 6.03 Å². The lowest BCUT2D eigenvalue weighted by Gasteiger charge is -2.20. The monoisotopic (exact) mass is 479 g/mol. The van der Waals surface area contributed by atoms with Crippen LogP contribution in [-0.2, 0) is 19.2 Å². The summed E-state index contributed by atoms with van der Waals surface area (Å²) in [4.78, 5) is 65.7. The molecule has 3 amide bonds. The number of isocyanates is 3. The van der Waals surface area contributed by atoms with Gasteiger partial charge in [0.1, 0.15) is 6.54 Å². The highest BCUT2D eigenvalue weighted by molar-refractivity contribution is 5.95. The van der Waals surface area contributed by atoms with E-state index in [0.717, 1.165) is 49.8 Å². The molecule has 0 heterocycles. The molecule has 10 nitrogen and oxygen atoms in total. The van der Waals surface area contributed by atoms with Crippen molar-refractivity contribution < 1.29 is 24.0 Å². The summed E-state index contributed by atoms with van der Waals surface area (Å²) in [7, 11) is 0. The van der Waals surface area contributed by atoms with Crippen LogP contribution in [-0.4, -0.2) is 67.8 Å². The number of amides is 3. The van der Waals surface area contributed by atoms with Gasteiger partial charge in [0, 0.05) is 13.1 Å². The van der Waals surface area contributed by atoms with E-state index in [4.69, 9.17) is 0 Å². The van der Waals surface area contributed by atoms with E-state index in [-0.39, 0.29) is 6.54 Å². The van der Waals surface area contributed by atoms with Gasteiger partial charge in [0.25, 0.3) is 5.91 Å². The second kappa shape index (κ2) is 28.1. The van der Waals surface area contributed by atoms with Crippen molar-refractivity contribution in [2.75, 3.05) is 32.7 Å². The molecule has 0 spiro atoms. The van der Waals surface area contributed by atoms with E-state index in [0.29, 0.717) is 26.1 Å². The highest BCUT2D eigenvalue weighted by Gasteiger charge is 2.20. The normalized spacial score (nSPS) is 9.35. The minimum Gasteiger partial charge on any atom is -0.338 e. The molecule has 0 saturated heterocycles. The van der Waals surface area contributed by atoms with Crippen molar-refractivity contribution >= 4 is 30.2 Å². The quantitative estimate of drug-likeness (QED) is 0.168. The summed E-state index contributed by atoms with van der Waals surface area (Å²) in [5.74, 6) is -0.557. The van der Waals surface area contributed by atoms with Crippen molar-refractivity contribution in [1.29, 1.82) is 0 Å². The molecule has 0 rings (SSSR count). The Bertz CT molecular complexity index is 663. The molecule has 10 heteroatoms. The van der Waals surface area contributed by atoms with Gasteiger partial charge < -0.3 is 5.32 Å². The van der Waals surface area contributed by atoms with Crippen molar-refractivity contribution in [3.63, 3.8) is 0 Å². The van der Waals surface area contributed by atoms with E-state index in [1.165, 1.54) is 43.9 Å². The number of aliphatic imine (C=N–C) groups is 3. The van der Waals surface area contributed by atoms with Crippen molar-refractivity contribution in [2.45, 2.75) is 90.9 Å². The minimum atomic E-state index is -0.557. The average molecular weight is 480 g/mol. The Hall–Kier alpha value is -2.92. The topological polar surface area (TPSA) is 138 Å². The smallest absolute Gasteiger partial charge is 0.324 e. The van der Waals surface area contributed by atoms with Gasteiger partial charge in [-0.3, -0.25) is 9.69 Å². The van der Waals surface area contributed by atoms with E-state index in [2.05, 4.69) is 34.1 Å². The molecule has 1 N–H and O–H groups in total. The highest BCUT2D eigenvalue weighted by Crippen LogP contribution is 2.04. The van der Waals surface area contributed by atoms with Crippen LogP contribution < -0.4 is 5.32 Å². The first-order chi connectivity index (χ1) is 16.6. The Morgan fingerprint density at radius 3 is 1.68 bits per heavy atom. The van der Waals surface area contributed by atoms with E-state index >= 15 is 0 Å². The summed E-state index contributed by atoms with van der Waals surface area (Å²) in [5.41, 5.74) is 0. The molecule has 0 aliphatic rings.